The van der Waals surface area contributed by atoms with Gasteiger partial charge in [-0.25, -0.2) is 0 Å². The molecule has 1 atom stereocenters. The van der Waals surface area contributed by atoms with Crippen LogP contribution >= 0.6 is 11.3 Å². The van der Waals surface area contributed by atoms with E-state index in [1.807, 2.05) is 20.8 Å². The first-order valence-corrected chi connectivity index (χ1v) is 9.99. The number of tetrazole rings is 1. The first-order valence-electron chi connectivity index (χ1n) is 9.17. The molecule has 0 fully saturated rings. The van der Waals surface area contributed by atoms with Crippen LogP contribution in [0.15, 0.2) is 0 Å². The molecule has 144 valence electrons. The standard InChI is InChI=1S/C19H26N6OS/c1-18(2,3)11-7-8-12-13(10-20)17(27-14(12)9-11)21-16(26)15-22-24-25(23-15)19(4,5)6/h11H,7-9H2,1-6H3,(H,21,26). The number of amides is 1. The topological polar surface area (TPSA) is 96.5 Å². The summed E-state index contributed by atoms with van der Waals surface area (Å²) in [5, 5.41) is 25.0. The smallest absolute Gasteiger partial charge is 0.297 e. The second-order valence-electron chi connectivity index (χ2n) is 9.15. The van der Waals surface area contributed by atoms with Crippen LogP contribution in [0, 0.1) is 22.7 Å². The summed E-state index contributed by atoms with van der Waals surface area (Å²) in [7, 11) is 0. The van der Waals surface area contributed by atoms with E-state index in [2.05, 4.69) is 47.6 Å². The number of nitrogens with one attached hydrogen (secondary N) is 1. The van der Waals surface area contributed by atoms with Crippen LogP contribution in [-0.4, -0.2) is 26.1 Å². The molecule has 2 aromatic heterocycles. The molecule has 0 spiro atoms. The molecule has 0 saturated heterocycles. The van der Waals surface area contributed by atoms with Gasteiger partial charge >= 0.3 is 0 Å². The second kappa shape index (κ2) is 6.71. The van der Waals surface area contributed by atoms with Gasteiger partial charge in [-0.15, -0.1) is 21.5 Å². The Labute approximate surface area is 163 Å². The van der Waals surface area contributed by atoms with Gasteiger partial charge in [0.05, 0.1) is 11.1 Å². The van der Waals surface area contributed by atoms with E-state index in [4.69, 9.17) is 0 Å². The van der Waals surface area contributed by atoms with Crippen molar-refractivity contribution in [3.8, 4) is 6.07 Å². The van der Waals surface area contributed by atoms with Gasteiger partial charge in [0.25, 0.3) is 11.7 Å². The fourth-order valence-corrected chi connectivity index (χ4v) is 4.55. The van der Waals surface area contributed by atoms with Gasteiger partial charge in [-0.2, -0.15) is 10.1 Å². The van der Waals surface area contributed by atoms with Crippen molar-refractivity contribution in [2.45, 2.75) is 66.3 Å². The molecule has 8 heteroatoms. The van der Waals surface area contributed by atoms with Crippen molar-refractivity contribution >= 4 is 22.2 Å². The average Bonchev–Trinajstić information content (AvgIpc) is 3.17. The van der Waals surface area contributed by atoms with Crippen LogP contribution in [0.25, 0.3) is 0 Å². The van der Waals surface area contributed by atoms with Crippen LogP contribution in [0.1, 0.15) is 74.6 Å². The van der Waals surface area contributed by atoms with Crippen LogP contribution in [-0.2, 0) is 18.4 Å². The number of fused-ring (bicyclic) bond motifs is 1. The molecule has 27 heavy (non-hydrogen) atoms. The van der Waals surface area contributed by atoms with Crippen LogP contribution in [0.3, 0.4) is 0 Å². The number of anilines is 1. The van der Waals surface area contributed by atoms with Gasteiger partial charge in [0.15, 0.2) is 0 Å². The monoisotopic (exact) mass is 386 g/mol. The Bertz CT molecular complexity index is 906. The lowest BCUT2D eigenvalue weighted by Crippen LogP contribution is -2.26. The largest absolute Gasteiger partial charge is 0.310 e. The Morgan fingerprint density at radius 3 is 2.56 bits per heavy atom. The highest BCUT2D eigenvalue weighted by Crippen LogP contribution is 2.44. The number of aromatic nitrogens is 4. The molecule has 7 nitrogen and oxygen atoms in total. The summed E-state index contributed by atoms with van der Waals surface area (Å²) in [6, 6.07) is 2.28. The fourth-order valence-electron chi connectivity index (χ4n) is 3.28. The summed E-state index contributed by atoms with van der Waals surface area (Å²) < 4.78 is 0. The normalized spacial score (nSPS) is 17.3. The summed E-state index contributed by atoms with van der Waals surface area (Å²) in [6.45, 7) is 12.6. The summed E-state index contributed by atoms with van der Waals surface area (Å²) in [6.07, 6.45) is 2.90. The predicted octanol–water partition coefficient (Wildman–Crippen LogP) is 3.76. The van der Waals surface area contributed by atoms with E-state index in [-0.39, 0.29) is 16.8 Å². The van der Waals surface area contributed by atoms with E-state index >= 15 is 0 Å². The number of hydrogen-bond acceptors (Lipinski definition) is 6. The number of thiophene rings is 1. The Morgan fingerprint density at radius 1 is 1.30 bits per heavy atom. The zero-order chi connectivity index (χ0) is 20.0. The van der Waals surface area contributed by atoms with Crippen molar-refractivity contribution in [3.63, 3.8) is 0 Å². The Hall–Kier alpha value is -2.27. The summed E-state index contributed by atoms with van der Waals surface area (Å²) in [4.78, 5) is 15.2. The van der Waals surface area contributed by atoms with E-state index in [0.717, 1.165) is 24.8 Å². The molecule has 1 unspecified atom stereocenters. The minimum Gasteiger partial charge on any atom is -0.310 e. The molecule has 0 radical (unpaired) electrons. The molecule has 1 N–H and O–H groups in total. The molecular weight excluding hydrogens is 360 g/mol. The molecule has 1 aliphatic rings. The van der Waals surface area contributed by atoms with Gasteiger partial charge in [0.1, 0.15) is 11.1 Å². The summed E-state index contributed by atoms with van der Waals surface area (Å²) >= 11 is 1.50. The van der Waals surface area contributed by atoms with Crippen LogP contribution in [0.4, 0.5) is 5.00 Å². The molecule has 1 aliphatic carbocycles. The van der Waals surface area contributed by atoms with Crippen molar-refractivity contribution < 1.29 is 4.79 Å². The predicted molar refractivity (Wildman–Crippen MR) is 105 cm³/mol. The van der Waals surface area contributed by atoms with Crippen molar-refractivity contribution in [2.24, 2.45) is 11.3 Å². The van der Waals surface area contributed by atoms with E-state index in [9.17, 15) is 10.1 Å². The minimum atomic E-state index is -0.437. The quantitative estimate of drug-likeness (QED) is 0.847. The third kappa shape index (κ3) is 3.88. The Kier molecular flexibility index (Phi) is 4.85. The molecule has 3 rings (SSSR count). The number of carbonyl (C=O) groups is 1. The number of carbonyl (C=O) groups excluding carboxylic acids is 1. The van der Waals surface area contributed by atoms with Gasteiger partial charge in [-0.1, -0.05) is 20.8 Å². The van der Waals surface area contributed by atoms with E-state index in [1.165, 1.54) is 21.0 Å². The van der Waals surface area contributed by atoms with E-state index < -0.39 is 5.91 Å². The molecule has 0 bridgehead atoms. The van der Waals surface area contributed by atoms with Crippen molar-refractivity contribution in [3.05, 3.63) is 21.8 Å². The maximum absolute atomic E-state index is 12.6. The van der Waals surface area contributed by atoms with Gasteiger partial charge in [-0.05, 0) is 62.1 Å². The van der Waals surface area contributed by atoms with Crippen molar-refractivity contribution in [2.75, 3.05) is 5.32 Å². The lowest BCUT2D eigenvalue weighted by Gasteiger charge is -2.33. The average molecular weight is 387 g/mol. The highest BCUT2D eigenvalue weighted by Gasteiger charge is 2.32. The summed E-state index contributed by atoms with van der Waals surface area (Å²) in [5.41, 5.74) is 1.55. The molecule has 2 aromatic rings. The molecule has 0 saturated carbocycles. The van der Waals surface area contributed by atoms with Crippen molar-refractivity contribution in [1.82, 2.24) is 20.2 Å². The molecular formula is C19H26N6OS. The SMILES string of the molecule is CC(C)(C)C1CCc2c(sc(NC(=O)c3nnn(C(C)(C)C)n3)c2C#N)C1. The molecule has 2 heterocycles. The summed E-state index contributed by atoms with van der Waals surface area (Å²) in [5.74, 6) is 0.146. The number of nitrogens with zero attached hydrogens (tertiary/aromatic N) is 5. The fraction of sp³-hybridized carbons (Fsp3) is 0.632. The third-order valence-electron chi connectivity index (χ3n) is 5.05. The van der Waals surface area contributed by atoms with E-state index in [0.29, 0.717) is 16.5 Å². The number of hydrogen-bond donors (Lipinski definition) is 1. The van der Waals surface area contributed by atoms with Gasteiger partial charge in [0.2, 0.25) is 0 Å². The zero-order valence-corrected chi connectivity index (χ0v) is 17.6. The van der Waals surface area contributed by atoms with Gasteiger partial charge in [-0.3, -0.25) is 4.79 Å². The van der Waals surface area contributed by atoms with Crippen LogP contribution in [0.2, 0.25) is 0 Å². The molecule has 0 aliphatic heterocycles. The van der Waals surface area contributed by atoms with E-state index in [1.54, 1.807) is 0 Å². The second-order valence-corrected chi connectivity index (χ2v) is 10.3. The highest BCUT2D eigenvalue weighted by atomic mass is 32.1. The number of rotatable bonds is 2. The Morgan fingerprint density at radius 2 is 2.00 bits per heavy atom. The number of nitriles is 1. The first-order chi connectivity index (χ1) is 12.5. The zero-order valence-electron chi connectivity index (χ0n) is 16.8. The first kappa shape index (κ1) is 19.5. The third-order valence-corrected chi connectivity index (χ3v) is 6.22. The van der Waals surface area contributed by atoms with Crippen molar-refractivity contribution in [1.29, 1.82) is 5.26 Å². The lowest BCUT2D eigenvalue weighted by molar-refractivity contribution is 0.101. The Balaban J connectivity index is 1.84. The van der Waals surface area contributed by atoms with Gasteiger partial charge in [0, 0.05) is 4.88 Å². The molecule has 0 aromatic carbocycles. The molecule has 1 amide bonds. The highest BCUT2D eigenvalue weighted by molar-refractivity contribution is 7.16. The van der Waals surface area contributed by atoms with Crippen LogP contribution < -0.4 is 5.32 Å². The lowest BCUT2D eigenvalue weighted by atomic mass is 9.72. The van der Waals surface area contributed by atoms with Crippen LogP contribution in [0.5, 0.6) is 0 Å². The maximum Gasteiger partial charge on any atom is 0.297 e. The van der Waals surface area contributed by atoms with Gasteiger partial charge < -0.3 is 5.32 Å². The maximum atomic E-state index is 12.6. The minimum absolute atomic E-state index is 0.00718.